The monoisotopic (exact) mass is 442 g/mol. The van der Waals surface area contributed by atoms with Gasteiger partial charge in [0, 0.05) is 23.3 Å². The number of halogens is 1. The average molecular weight is 443 g/mol. The van der Waals surface area contributed by atoms with Gasteiger partial charge in [-0.05, 0) is 56.0 Å². The summed E-state index contributed by atoms with van der Waals surface area (Å²) in [7, 11) is 3.11. The van der Waals surface area contributed by atoms with Gasteiger partial charge in [-0.15, -0.1) is 0 Å². The third kappa shape index (κ3) is 3.53. The second-order valence-corrected chi connectivity index (χ2v) is 8.88. The lowest BCUT2D eigenvalue weighted by Gasteiger charge is -2.54. The first-order chi connectivity index (χ1) is 14.8. The fraction of sp³-hybridized carbons (Fsp3) is 0.417. The minimum Gasteiger partial charge on any atom is -0.493 e. The Morgan fingerprint density at radius 1 is 1.00 bits per heavy atom. The lowest BCUT2D eigenvalue weighted by Crippen LogP contribution is -2.69. The zero-order chi connectivity index (χ0) is 22.2. The minimum absolute atomic E-state index is 0.0253. The molecule has 2 aromatic rings. The molecule has 31 heavy (non-hydrogen) atoms. The lowest BCUT2D eigenvalue weighted by atomic mass is 9.62. The molecule has 0 spiro atoms. The number of hydrogen-bond acceptors (Lipinski definition) is 4. The summed E-state index contributed by atoms with van der Waals surface area (Å²) < 4.78 is 10.6. The number of amides is 2. The Bertz CT molecular complexity index is 1000. The van der Waals surface area contributed by atoms with Crippen LogP contribution in [-0.4, -0.2) is 43.0 Å². The number of anilines is 1. The molecule has 1 atom stereocenters. The maximum absolute atomic E-state index is 13.6. The van der Waals surface area contributed by atoms with Crippen LogP contribution in [0.2, 0.25) is 5.02 Å². The van der Waals surface area contributed by atoms with E-state index in [-0.39, 0.29) is 11.8 Å². The number of carbonyl (C=O) groups excluding carboxylic acids is 2. The second kappa shape index (κ2) is 8.08. The fourth-order valence-corrected chi connectivity index (χ4v) is 4.61. The Hall–Kier alpha value is -2.73. The van der Waals surface area contributed by atoms with E-state index in [9.17, 15) is 9.59 Å². The summed E-state index contributed by atoms with van der Waals surface area (Å²) in [4.78, 5) is 28.6. The Morgan fingerprint density at radius 3 is 2.19 bits per heavy atom. The van der Waals surface area contributed by atoms with E-state index in [2.05, 4.69) is 5.32 Å². The highest BCUT2D eigenvalue weighted by Gasteiger charge is 2.56. The van der Waals surface area contributed by atoms with E-state index >= 15 is 0 Å². The molecule has 1 saturated heterocycles. The first kappa shape index (κ1) is 21.5. The number of rotatable bonds is 6. The normalized spacial score (nSPS) is 21.5. The molecule has 0 aromatic heterocycles. The van der Waals surface area contributed by atoms with E-state index in [1.807, 2.05) is 31.2 Å². The molecule has 1 saturated carbocycles. The highest BCUT2D eigenvalue weighted by molar-refractivity contribution is 6.30. The van der Waals surface area contributed by atoms with Gasteiger partial charge in [0.25, 0.3) is 0 Å². The number of benzene rings is 2. The van der Waals surface area contributed by atoms with Gasteiger partial charge >= 0.3 is 0 Å². The number of carbonyl (C=O) groups is 2. The van der Waals surface area contributed by atoms with Gasteiger partial charge in [0.1, 0.15) is 5.54 Å². The van der Waals surface area contributed by atoms with Gasteiger partial charge in [-0.2, -0.15) is 0 Å². The smallest absolute Gasteiger partial charge is 0.250 e. The summed E-state index contributed by atoms with van der Waals surface area (Å²) in [6.45, 7) is 2.41. The van der Waals surface area contributed by atoms with Crippen LogP contribution in [0.3, 0.4) is 0 Å². The van der Waals surface area contributed by atoms with Gasteiger partial charge in [-0.3, -0.25) is 9.59 Å². The van der Waals surface area contributed by atoms with Crippen LogP contribution in [-0.2, 0) is 15.0 Å². The Morgan fingerprint density at radius 2 is 1.68 bits per heavy atom. The Balaban J connectivity index is 1.54. The van der Waals surface area contributed by atoms with Crippen molar-refractivity contribution in [2.45, 2.75) is 43.6 Å². The van der Waals surface area contributed by atoms with Crippen molar-refractivity contribution >= 4 is 29.1 Å². The molecular weight excluding hydrogens is 416 g/mol. The number of nitrogens with zero attached hydrogens (tertiary/aromatic N) is 1. The van der Waals surface area contributed by atoms with Crippen LogP contribution < -0.4 is 14.8 Å². The first-order valence-electron chi connectivity index (χ1n) is 10.5. The predicted molar refractivity (Wildman–Crippen MR) is 120 cm³/mol. The van der Waals surface area contributed by atoms with E-state index in [0.717, 1.165) is 24.8 Å². The summed E-state index contributed by atoms with van der Waals surface area (Å²) in [5, 5.41) is 3.59. The lowest BCUT2D eigenvalue weighted by molar-refractivity contribution is -0.162. The molecule has 2 aromatic carbocycles. The number of methoxy groups -OCH3 is 2. The molecule has 0 radical (unpaired) electrons. The fourth-order valence-electron chi connectivity index (χ4n) is 4.48. The van der Waals surface area contributed by atoms with Crippen LogP contribution in [0.25, 0.3) is 0 Å². The largest absolute Gasteiger partial charge is 0.493 e. The maximum Gasteiger partial charge on any atom is 0.250 e. The molecule has 1 aliphatic heterocycles. The van der Waals surface area contributed by atoms with Crippen molar-refractivity contribution in [3.63, 3.8) is 0 Å². The summed E-state index contributed by atoms with van der Waals surface area (Å²) in [6, 6.07) is 12.7. The molecule has 2 amide bonds. The van der Waals surface area contributed by atoms with Crippen LogP contribution >= 0.6 is 11.6 Å². The van der Waals surface area contributed by atoms with E-state index in [4.69, 9.17) is 21.1 Å². The molecular formula is C24H27ClN2O4. The Kier molecular flexibility index (Phi) is 5.60. The molecule has 1 N–H and O–H groups in total. The molecule has 2 fully saturated rings. The van der Waals surface area contributed by atoms with Gasteiger partial charge in [-0.1, -0.05) is 30.2 Å². The molecule has 7 heteroatoms. The number of hydrogen-bond donors (Lipinski definition) is 1. The number of nitrogens with one attached hydrogen (secondary N) is 1. The molecule has 1 unspecified atom stereocenters. The van der Waals surface area contributed by atoms with Crippen molar-refractivity contribution in [3.05, 3.63) is 53.1 Å². The minimum atomic E-state index is -0.890. The first-order valence-corrected chi connectivity index (χ1v) is 10.8. The molecule has 0 bridgehead atoms. The van der Waals surface area contributed by atoms with Crippen LogP contribution in [0.5, 0.6) is 11.5 Å². The van der Waals surface area contributed by atoms with Gasteiger partial charge in [-0.25, -0.2) is 0 Å². The Labute approximate surface area is 187 Å². The zero-order valence-electron chi connectivity index (χ0n) is 18.0. The van der Waals surface area contributed by atoms with Crippen LogP contribution in [0.1, 0.15) is 38.2 Å². The van der Waals surface area contributed by atoms with Crippen molar-refractivity contribution in [1.29, 1.82) is 0 Å². The van der Waals surface area contributed by atoms with Crippen LogP contribution in [0.4, 0.5) is 5.69 Å². The number of ether oxygens (including phenoxy) is 2. The molecule has 1 aliphatic carbocycles. The van der Waals surface area contributed by atoms with Crippen molar-refractivity contribution < 1.29 is 19.1 Å². The predicted octanol–water partition coefficient (Wildman–Crippen LogP) is 4.41. The van der Waals surface area contributed by atoms with E-state index in [1.165, 1.54) is 0 Å². The van der Waals surface area contributed by atoms with E-state index < -0.39 is 11.0 Å². The molecule has 164 valence electrons. The zero-order valence-corrected chi connectivity index (χ0v) is 18.8. The summed E-state index contributed by atoms with van der Waals surface area (Å²) in [6.07, 6.45) is 3.19. The van der Waals surface area contributed by atoms with Crippen LogP contribution in [0.15, 0.2) is 42.5 Å². The highest BCUT2D eigenvalue weighted by Crippen LogP contribution is 2.48. The van der Waals surface area contributed by atoms with Crippen molar-refractivity contribution in [3.8, 4) is 11.5 Å². The molecule has 6 nitrogen and oxygen atoms in total. The maximum atomic E-state index is 13.6. The molecule has 4 rings (SSSR count). The van der Waals surface area contributed by atoms with Gasteiger partial charge < -0.3 is 19.7 Å². The summed E-state index contributed by atoms with van der Waals surface area (Å²) in [5.74, 6) is 0.937. The van der Waals surface area contributed by atoms with Crippen LogP contribution in [0, 0.1) is 0 Å². The molecule has 2 aliphatic rings. The highest BCUT2D eigenvalue weighted by atomic mass is 35.5. The van der Waals surface area contributed by atoms with Crippen molar-refractivity contribution in [1.82, 2.24) is 4.90 Å². The summed E-state index contributed by atoms with van der Waals surface area (Å²) in [5.41, 5.74) is 0.122. The van der Waals surface area contributed by atoms with E-state index in [0.29, 0.717) is 35.2 Å². The topological polar surface area (TPSA) is 67.9 Å². The SMILES string of the molecule is COc1ccc(NC(=O)C2(C)CCN2C(=O)C2(c3ccc(Cl)cc3)CCC2)cc1OC. The number of likely N-dealkylation sites (tertiary alicyclic amines) is 1. The third-order valence-electron chi connectivity index (χ3n) is 6.81. The average Bonchev–Trinajstić information content (AvgIpc) is 2.72. The third-order valence-corrected chi connectivity index (χ3v) is 7.06. The quantitative estimate of drug-likeness (QED) is 0.719. The molecule has 1 heterocycles. The summed E-state index contributed by atoms with van der Waals surface area (Å²) >= 11 is 6.04. The van der Waals surface area contributed by atoms with Crippen molar-refractivity contribution in [2.24, 2.45) is 0 Å². The second-order valence-electron chi connectivity index (χ2n) is 8.45. The van der Waals surface area contributed by atoms with E-state index in [1.54, 1.807) is 37.3 Å². The van der Waals surface area contributed by atoms with Gasteiger partial charge in [0.2, 0.25) is 11.8 Å². The van der Waals surface area contributed by atoms with Gasteiger partial charge in [0.15, 0.2) is 11.5 Å². The van der Waals surface area contributed by atoms with Gasteiger partial charge in [0.05, 0.1) is 19.6 Å². The standard InChI is InChI=1S/C24H27ClN2O4/c1-23(21(28)26-18-9-10-19(30-2)20(15-18)31-3)13-14-27(23)22(29)24(11-4-12-24)16-5-7-17(25)8-6-16/h5-10,15H,4,11-14H2,1-3H3,(H,26,28). The van der Waals surface area contributed by atoms with Crippen molar-refractivity contribution in [2.75, 3.05) is 26.1 Å².